The van der Waals surface area contributed by atoms with Crippen molar-refractivity contribution in [2.75, 3.05) is 18.0 Å². The second-order valence-corrected chi connectivity index (χ2v) is 17.3. The van der Waals surface area contributed by atoms with Crippen LogP contribution in [0.2, 0.25) is 0 Å². The van der Waals surface area contributed by atoms with E-state index >= 15 is 0 Å². The molecule has 0 bridgehead atoms. The first-order valence-corrected chi connectivity index (χ1v) is 20.5. The number of benzene rings is 5. The summed E-state index contributed by atoms with van der Waals surface area (Å²) in [5.74, 6) is 0. The Balaban J connectivity index is 1.21. The molecule has 0 radical (unpaired) electrons. The van der Waals surface area contributed by atoms with E-state index in [0.717, 1.165) is 48.0 Å². The molecule has 5 nitrogen and oxygen atoms in total. The molecule has 5 aromatic carbocycles. The van der Waals surface area contributed by atoms with Crippen LogP contribution in [0.5, 0.6) is 0 Å². The van der Waals surface area contributed by atoms with Gasteiger partial charge in [0.1, 0.15) is 16.7 Å². The van der Waals surface area contributed by atoms with Gasteiger partial charge in [0.25, 0.3) is 0 Å². The third kappa shape index (κ3) is 5.70. The summed E-state index contributed by atoms with van der Waals surface area (Å²) in [7, 11) is -4.55. The van der Waals surface area contributed by atoms with Gasteiger partial charge in [-0.1, -0.05) is 92.2 Å². The van der Waals surface area contributed by atoms with Gasteiger partial charge in [0.15, 0.2) is 5.71 Å². The van der Waals surface area contributed by atoms with Crippen LogP contribution in [0.4, 0.5) is 11.4 Å². The largest absolute Gasteiger partial charge is 0.744 e. The maximum Gasteiger partial charge on any atom is 0.210 e. The lowest BCUT2D eigenvalue weighted by atomic mass is 9.79. The molecule has 2 aliphatic heterocycles. The Morgan fingerprint density at radius 2 is 1.48 bits per heavy atom. The second-order valence-electron chi connectivity index (χ2n) is 15.9. The van der Waals surface area contributed by atoms with Crippen molar-refractivity contribution in [3.63, 3.8) is 0 Å². The molecular weight excluding hydrogens is 685 g/mol. The zero-order valence-corrected chi connectivity index (χ0v) is 33.1. The molecule has 0 atom stereocenters. The van der Waals surface area contributed by atoms with Crippen LogP contribution in [0.15, 0.2) is 137 Å². The van der Waals surface area contributed by atoms with Crippen molar-refractivity contribution in [1.82, 2.24) is 0 Å². The summed E-state index contributed by atoms with van der Waals surface area (Å²) in [4.78, 5) is 2.29. The first kappa shape index (κ1) is 36.0. The van der Waals surface area contributed by atoms with Crippen LogP contribution in [0.3, 0.4) is 0 Å². The summed E-state index contributed by atoms with van der Waals surface area (Å²) in [6.45, 7) is 17.5. The fourth-order valence-corrected chi connectivity index (χ4v) is 10.0. The van der Waals surface area contributed by atoms with Gasteiger partial charge in [0.2, 0.25) is 5.69 Å². The number of nitrogens with zero attached hydrogens (tertiary/aromatic N) is 2. The van der Waals surface area contributed by atoms with Crippen molar-refractivity contribution in [3.05, 3.63) is 154 Å². The molecule has 6 heteroatoms. The number of hydrogen-bond acceptors (Lipinski definition) is 4. The minimum absolute atomic E-state index is 0.159. The minimum atomic E-state index is -4.55. The average molecular weight is 733 g/mol. The number of anilines is 1. The van der Waals surface area contributed by atoms with E-state index in [1.807, 2.05) is 6.07 Å². The molecule has 1 aliphatic carbocycles. The van der Waals surface area contributed by atoms with Gasteiger partial charge >= 0.3 is 0 Å². The summed E-state index contributed by atoms with van der Waals surface area (Å²) in [5.41, 5.74) is 13.4. The third-order valence-electron chi connectivity index (χ3n) is 12.0. The molecule has 5 aromatic rings. The summed E-state index contributed by atoms with van der Waals surface area (Å²) in [5, 5.41) is 4.35. The van der Waals surface area contributed by atoms with Crippen molar-refractivity contribution in [2.24, 2.45) is 0 Å². The predicted molar refractivity (Wildman–Crippen MR) is 223 cm³/mol. The lowest BCUT2D eigenvalue weighted by Crippen LogP contribution is -2.27. The number of fused-ring (bicyclic) bond motifs is 6. The van der Waals surface area contributed by atoms with Crippen molar-refractivity contribution < 1.29 is 17.5 Å². The molecule has 8 rings (SSSR count). The maximum absolute atomic E-state index is 11.8. The van der Waals surface area contributed by atoms with Crippen molar-refractivity contribution >= 4 is 54.3 Å². The zero-order valence-electron chi connectivity index (χ0n) is 32.3. The minimum Gasteiger partial charge on any atom is -0.744 e. The number of rotatable bonds is 7. The van der Waals surface area contributed by atoms with Crippen LogP contribution in [0.1, 0.15) is 76.6 Å². The quantitative estimate of drug-likeness (QED) is 0.123. The number of hydrogen-bond donors (Lipinski definition) is 0. The highest BCUT2D eigenvalue weighted by Gasteiger charge is 2.45. The molecule has 0 amide bonds. The van der Waals surface area contributed by atoms with Gasteiger partial charge < -0.3 is 9.45 Å². The fourth-order valence-electron chi connectivity index (χ4n) is 9.52. The smallest absolute Gasteiger partial charge is 0.210 e. The van der Waals surface area contributed by atoms with Crippen molar-refractivity contribution in [1.29, 1.82) is 0 Å². The van der Waals surface area contributed by atoms with Crippen LogP contribution in [0.25, 0.3) is 27.1 Å². The molecule has 0 spiro atoms. The molecule has 54 heavy (non-hydrogen) atoms. The van der Waals surface area contributed by atoms with Crippen LogP contribution in [0, 0.1) is 6.92 Å². The van der Waals surface area contributed by atoms with Crippen LogP contribution < -0.4 is 4.90 Å². The molecule has 2 heterocycles. The van der Waals surface area contributed by atoms with Gasteiger partial charge in [0, 0.05) is 41.1 Å². The highest BCUT2D eigenvalue weighted by atomic mass is 32.2. The lowest BCUT2D eigenvalue weighted by molar-refractivity contribution is -0.433. The van der Waals surface area contributed by atoms with E-state index in [1.165, 1.54) is 73.4 Å². The van der Waals surface area contributed by atoms with E-state index < -0.39 is 10.1 Å². The topological polar surface area (TPSA) is 63.5 Å². The molecule has 0 saturated heterocycles. The Morgan fingerprint density at radius 1 is 0.778 bits per heavy atom. The van der Waals surface area contributed by atoms with E-state index in [4.69, 9.17) is 0 Å². The summed E-state index contributed by atoms with van der Waals surface area (Å²) in [6.07, 6.45) is 11.3. The SMILES string of the molecule is CCN1/C(=C/C=C2\CCC(/C=C/C3=[N+](CC)c4ccc5cc(S(=O)(=O)[O-])ccc5c4C3(C)C)=C2c2ccccc2)C(C)(C)c2c1ccc1cc(C)ccc21. The van der Waals surface area contributed by atoms with Gasteiger partial charge in [-0.3, -0.25) is 0 Å². The Labute approximate surface area is 320 Å². The fraction of sp³-hybridized carbons (Fsp3) is 0.271. The predicted octanol–water partition coefficient (Wildman–Crippen LogP) is 11.0. The monoisotopic (exact) mass is 732 g/mol. The lowest BCUT2D eigenvalue weighted by Gasteiger charge is -2.26. The van der Waals surface area contributed by atoms with Gasteiger partial charge in [-0.05, 0) is 127 Å². The summed E-state index contributed by atoms with van der Waals surface area (Å²) in [6, 6.07) is 30.9. The Hall–Kier alpha value is -5.04. The molecular formula is C48H48N2O3S. The van der Waals surface area contributed by atoms with Crippen LogP contribution in [-0.2, 0) is 20.9 Å². The van der Waals surface area contributed by atoms with E-state index in [9.17, 15) is 13.0 Å². The van der Waals surface area contributed by atoms with Gasteiger partial charge in [-0.2, -0.15) is 4.58 Å². The molecule has 0 aromatic heterocycles. The number of allylic oxidation sites excluding steroid dienone is 8. The van der Waals surface area contributed by atoms with E-state index in [1.54, 1.807) is 6.07 Å². The van der Waals surface area contributed by atoms with E-state index in [-0.39, 0.29) is 15.7 Å². The standard InChI is InChI=1S/C48H48N2O3S/c1-8-49-40-25-18-35-29-31(3)15-23-38(35)45(40)47(4,5)42(49)27-20-33-16-17-34(44(33)32-13-11-10-12-14-32)21-28-43-48(6,7)46-39-24-22-37(54(51,52)53)30-36(39)19-26-41(46)50(43)9-2/h10-15,18-30H,8-9,16-17H2,1-7H3. The van der Waals surface area contributed by atoms with Crippen LogP contribution in [-0.4, -0.2) is 36.3 Å². The Bertz CT molecular complexity index is 2660. The molecule has 0 fully saturated rings. The van der Waals surface area contributed by atoms with Crippen LogP contribution >= 0.6 is 0 Å². The molecule has 0 unspecified atom stereocenters. The Kier molecular flexibility index (Phi) is 8.70. The van der Waals surface area contributed by atoms with Crippen molar-refractivity contribution in [2.45, 2.75) is 77.0 Å². The summed E-state index contributed by atoms with van der Waals surface area (Å²) >= 11 is 0. The van der Waals surface area contributed by atoms with Gasteiger partial charge in [0.05, 0.1) is 10.3 Å². The number of aryl methyl sites for hydroxylation is 1. The van der Waals surface area contributed by atoms with Gasteiger partial charge in [-0.25, -0.2) is 8.42 Å². The zero-order chi connectivity index (χ0) is 38.2. The first-order valence-electron chi connectivity index (χ1n) is 19.1. The van der Waals surface area contributed by atoms with Crippen molar-refractivity contribution in [3.8, 4) is 0 Å². The Morgan fingerprint density at radius 3 is 2.20 bits per heavy atom. The second kappa shape index (κ2) is 13.1. The maximum atomic E-state index is 11.8. The highest BCUT2D eigenvalue weighted by Crippen LogP contribution is 2.51. The number of likely N-dealkylation sites (N-methyl/N-ethyl adjacent to an activating group) is 1. The normalized spacial score (nSPS) is 19.4. The highest BCUT2D eigenvalue weighted by molar-refractivity contribution is 7.85. The van der Waals surface area contributed by atoms with E-state index in [0.29, 0.717) is 0 Å². The third-order valence-corrected chi connectivity index (χ3v) is 12.8. The van der Waals surface area contributed by atoms with E-state index in [2.05, 4.69) is 149 Å². The molecule has 0 N–H and O–H groups in total. The molecule has 3 aliphatic rings. The summed E-state index contributed by atoms with van der Waals surface area (Å²) < 4.78 is 37.8. The average Bonchev–Trinajstić information content (AvgIpc) is 3.73. The molecule has 0 saturated carbocycles. The molecule has 274 valence electrons. The van der Waals surface area contributed by atoms with Gasteiger partial charge in [-0.15, -0.1) is 0 Å². The first-order chi connectivity index (χ1) is 25.7.